The highest BCUT2D eigenvalue weighted by Gasteiger charge is 2.22. The second-order valence-electron chi connectivity index (χ2n) is 8.12. The molecule has 1 atom stereocenters. The third-order valence-electron chi connectivity index (χ3n) is 5.86. The van der Waals surface area contributed by atoms with Crippen molar-refractivity contribution in [1.29, 1.82) is 0 Å². The third-order valence-corrected chi connectivity index (χ3v) is 5.86. The van der Waals surface area contributed by atoms with Gasteiger partial charge in [-0.3, -0.25) is 14.6 Å². The molecule has 6 nitrogen and oxygen atoms in total. The lowest BCUT2D eigenvalue weighted by atomic mass is 10.2. The number of anilines is 1. The Hall–Kier alpha value is -2.41. The number of hydrogen-bond acceptors (Lipinski definition) is 5. The molecule has 2 saturated heterocycles. The summed E-state index contributed by atoms with van der Waals surface area (Å²) in [4.78, 5) is 19.5. The van der Waals surface area contributed by atoms with Crippen LogP contribution < -0.4 is 10.2 Å². The van der Waals surface area contributed by atoms with Gasteiger partial charge in [0.15, 0.2) is 0 Å². The molecule has 0 aliphatic carbocycles. The highest BCUT2D eigenvalue weighted by Crippen LogP contribution is 2.15. The highest BCUT2D eigenvalue weighted by atomic mass is 16.5. The minimum absolute atomic E-state index is 0.0568. The monoisotopic (exact) mass is 408 g/mol. The van der Waals surface area contributed by atoms with E-state index < -0.39 is 0 Å². The van der Waals surface area contributed by atoms with E-state index in [2.05, 4.69) is 68.5 Å². The summed E-state index contributed by atoms with van der Waals surface area (Å²) < 4.78 is 5.87. The molecular formula is C24H32N4O2. The zero-order chi connectivity index (χ0) is 20.6. The predicted octanol–water partition coefficient (Wildman–Crippen LogP) is 1.83. The number of ether oxygens (including phenoxy) is 1. The number of carbonyl (C=O) groups excluding carboxylic acids is 1. The first-order chi connectivity index (χ1) is 14.8. The predicted molar refractivity (Wildman–Crippen MR) is 120 cm³/mol. The maximum atomic E-state index is 12.4. The van der Waals surface area contributed by atoms with E-state index >= 15 is 0 Å². The minimum Gasteiger partial charge on any atom is -0.374 e. The Kier molecular flexibility index (Phi) is 7.34. The summed E-state index contributed by atoms with van der Waals surface area (Å²) in [5.41, 5.74) is 2.58. The first kappa shape index (κ1) is 20.8. The number of para-hydroxylation sites is 1. The Morgan fingerprint density at radius 1 is 0.900 bits per heavy atom. The molecule has 2 heterocycles. The van der Waals surface area contributed by atoms with E-state index in [9.17, 15) is 4.79 Å². The van der Waals surface area contributed by atoms with Gasteiger partial charge < -0.3 is 15.0 Å². The van der Waals surface area contributed by atoms with Crippen LogP contribution in [0.5, 0.6) is 0 Å². The fraction of sp³-hybridized carbons (Fsp3) is 0.458. The lowest BCUT2D eigenvalue weighted by Gasteiger charge is -2.36. The van der Waals surface area contributed by atoms with Crippen LogP contribution in [0.3, 0.4) is 0 Å². The number of carbonyl (C=O) groups is 1. The molecule has 0 saturated carbocycles. The van der Waals surface area contributed by atoms with Crippen LogP contribution in [0.15, 0.2) is 60.7 Å². The van der Waals surface area contributed by atoms with E-state index in [1.54, 1.807) is 0 Å². The van der Waals surface area contributed by atoms with Crippen molar-refractivity contribution < 1.29 is 9.53 Å². The molecule has 0 spiro atoms. The van der Waals surface area contributed by atoms with Gasteiger partial charge in [-0.05, 0) is 17.7 Å². The molecule has 4 rings (SSSR count). The van der Waals surface area contributed by atoms with Gasteiger partial charge in [-0.15, -0.1) is 0 Å². The van der Waals surface area contributed by atoms with E-state index in [0.717, 1.165) is 52.4 Å². The van der Waals surface area contributed by atoms with Gasteiger partial charge in [0, 0.05) is 58.0 Å². The van der Waals surface area contributed by atoms with Crippen LogP contribution >= 0.6 is 0 Å². The molecule has 2 aromatic carbocycles. The quantitative estimate of drug-likeness (QED) is 0.758. The van der Waals surface area contributed by atoms with Gasteiger partial charge in [-0.1, -0.05) is 48.5 Å². The van der Waals surface area contributed by atoms with Gasteiger partial charge in [0.2, 0.25) is 5.91 Å². The van der Waals surface area contributed by atoms with Crippen LogP contribution in [0, 0.1) is 0 Å². The van der Waals surface area contributed by atoms with Crippen molar-refractivity contribution in [1.82, 2.24) is 15.1 Å². The molecule has 2 fully saturated rings. The van der Waals surface area contributed by atoms with Crippen molar-refractivity contribution in [3.8, 4) is 0 Å². The second kappa shape index (κ2) is 10.6. The van der Waals surface area contributed by atoms with Gasteiger partial charge in [0.25, 0.3) is 0 Å². The number of rotatable bonds is 7. The standard InChI is InChI=1S/C24H32N4O2/c29-24(20-26-11-13-28(14-12-26)22-9-5-2-6-10-22)25-17-23-19-27(15-16-30-23)18-21-7-3-1-4-8-21/h1-10,23H,11-20H2,(H,25,29). The van der Waals surface area contributed by atoms with Gasteiger partial charge >= 0.3 is 0 Å². The average molecular weight is 409 g/mol. The van der Waals surface area contributed by atoms with Crippen LogP contribution in [0.1, 0.15) is 5.56 Å². The first-order valence-electron chi connectivity index (χ1n) is 10.9. The summed E-state index contributed by atoms with van der Waals surface area (Å²) in [5, 5.41) is 3.08. The van der Waals surface area contributed by atoms with Crippen LogP contribution in [-0.4, -0.2) is 80.8 Å². The molecule has 160 valence electrons. The summed E-state index contributed by atoms with van der Waals surface area (Å²) >= 11 is 0. The molecule has 2 aliphatic rings. The molecule has 30 heavy (non-hydrogen) atoms. The van der Waals surface area contributed by atoms with Crippen molar-refractivity contribution in [3.05, 3.63) is 66.2 Å². The highest BCUT2D eigenvalue weighted by molar-refractivity contribution is 5.78. The van der Waals surface area contributed by atoms with Crippen molar-refractivity contribution in [2.45, 2.75) is 12.6 Å². The fourth-order valence-corrected chi connectivity index (χ4v) is 4.18. The maximum Gasteiger partial charge on any atom is 0.234 e. The zero-order valence-corrected chi connectivity index (χ0v) is 17.6. The number of nitrogens with one attached hydrogen (secondary N) is 1. The number of benzene rings is 2. The van der Waals surface area contributed by atoms with Crippen LogP contribution in [0.4, 0.5) is 5.69 Å². The SMILES string of the molecule is O=C(CN1CCN(c2ccccc2)CC1)NCC1CN(Cc2ccccc2)CCO1. The van der Waals surface area contributed by atoms with Crippen molar-refractivity contribution in [3.63, 3.8) is 0 Å². The Bertz CT molecular complexity index is 778. The van der Waals surface area contributed by atoms with E-state index in [1.807, 2.05) is 12.1 Å². The van der Waals surface area contributed by atoms with Crippen molar-refractivity contribution in [2.75, 3.05) is 63.9 Å². The Labute approximate surface area is 179 Å². The third kappa shape index (κ3) is 6.05. The molecule has 2 aliphatic heterocycles. The molecule has 0 radical (unpaired) electrons. The van der Waals surface area contributed by atoms with Gasteiger partial charge in [-0.2, -0.15) is 0 Å². The molecule has 2 aromatic rings. The molecule has 6 heteroatoms. The maximum absolute atomic E-state index is 12.4. The van der Waals surface area contributed by atoms with Gasteiger partial charge in [0.05, 0.1) is 19.3 Å². The molecule has 1 N–H and O–H groups in total. The van der Waals surface area contributed by atoms with Crippen LogP contribution in [0.2, 0.25) is 0 Å². The summed E-state index contributed by atoms with van der Waals surface area (Å²) in [6.07, 6.45) is 0.0568. The minimum atomic E-state index is 0.0568. The lowest BCUT2D eigenvalue weighted by molar-refractivity contribution is -0.123. The first-order valence-corrected chi connectivity index (χ1v) is 10.9. The van der Waals surface area contributed by atoms with E-state index in [1.165, 1.54) is 11.3 Å². The number of amides is 1. The number of hydrogen-bond donors (Lipinski definition) is 1. The summed E-state index contributed by atoms with van der Waals surface area (Å²) in [7, 11) is 0. The van der Waals surface area contributed by atoms with E-state index in [-0.39, 0.29) is 12.0 Å². The molecule has 0 bridgehead atoms. The van der Waals surface area contributed by atoms with Crippen LogP contribution in [-0.2, 0) is 16.1 Å². The largest absolute Gasteiger partial charge is 0.374 e. The Morgan fingerprint density at radius 2 is 1.60 bits per heavy atom. The summed E-state index contributed by atoms with van der Waals surface area (Å²) in [6, 6.07) is 21.0. The lowest BCUT2D eigenvalue weighted by Crippen LogP contribution is -2.51. The summed E-state index contributed by atoms with van der Waals surface area (Å²) in [6.45, 7) is 8.21. The Balaban J connectivity index is 1.15. The van der Waals surface area contributed by atoms with Crippen LogP contribution in [0.25, 0.3) is 0 Å². The second-order valence-corrected chi connectivity index (χ2v) is 8.12. The number of morpholine rings is 1. The normalized spacial score (nSPS) is 20.8. The summed E-state index contributed by atoms with van der Waals surface area (Å²) in [5.74, 6) is 0.0898. The van der Waals surface area contributed by atoms with Crippen molar-refractivity contribution >= 4 is 11.6 Å². The van der Waals surface area contributed by atoms with E-state index in [4.69, 9.17) is 4.74 Å². The molecule has 1 unspecified atom stereocenters. The molecule has 1 amide bonds. The van der Waals surface area contributed by atoms with Crippen molar-refractivity contribution in [2.24, 2.45) is 0 Å². The molecular weight excluding hydrogens is 376 g/mol. The van der Waals surface area contributed by atoms with Gasteiger partial charge in [-0.25, -0.2) is 0 Å². The van der Waals surface area contributed by atoms with E-state index in [0.29, 0.717) is 13.1 Å². The smallest absolute Gasteiger partial charge is 0.234 e. The van der Waals surface area contributed by atoms with Gasteiger partial charge in [0.1, 0.15) is 0 Å². The number of piperazine rings is 1. The topological polar surface area (TPSA) is 48.1 Å². The molecule has 0 aromatic heterocycles. The number of nitrogens with zero attached hydrogens (tertiary/aromatic N) is 3. The Morgan fingerprint density at radius 3 is 2.33 bits per heavy atom. The fourth-order valence-electron chi connectivity index (χ4n) is 4.18. The zero-order valence-electron chi connectivity index (χ0n) is 17.6. The average Bonchev–Trinajstić information content (AvgIpc) is 2.80.